The second kappa shape index (κ2) is 8.09. The Bertz CT molecular complexity index is 533. The number of rotatable bonds is 6. The number of esters is 2. The first-order chi connectivity index (χ1) is 10.0. The van der Waals surface area contributed by atoms with Gasteiger partial charge in [-0.15, -0.1) is 0 Å². The minimum absolute atomic E-state index is 0.173. The summed E-state index contributed by atoms with van der Waals surface area (Å²) in [5.41, 5.74) is 0.737. The van der Waals surface area contributed by atoms with Gasteiger partial charge in [-0.3, -0.25) is 4.79 Å². The normalized spacial score (nSPS) is 12.0. The summed E-state index contributed by atoms with van der Waals surface area (Å²) >= 11 is 0. The van der Waals surface area contributed by atoms with E-state index in [1.54, 1.807) is 24.3 Å². The number of carbonyl (C=O) groups is 2. The van der Waals surface area contributed by atoms with Crippen LogP contribution in [0.1, 0.15) is 25.8 Å². The third-order valence-electron chi connectivity index (χ3n) is 3.03. The van der Waals surface area contributed by atoms with Crippen LogP contribution in [0.25, 0.3) is 6.08 Å². The number of hydrogen-bond acceptors (Lipinski definition) is 5. The summed E-state index contributed by atoms with van der Waals surface area (Å²) in [6.07, 6.45) is 3.61. The van der Waals surface area contributed by atoms with Crippen molar-refractivity contribution in [1.82, 2.24) is 0 Å². The van der Waals surface area contributed by atoms with Crippen LogP contribution in [-0.4, -0.2) is 26.2 Å². The Morgan fingerprint density at radius 2 is 1.95 bits per heavy atom. The lowest BCUT2D eigenvalue weighted by Crippen LogP contribution is -2.17. The molecule has 0 bridgehead atoms. The molecule has 0 saturated carbocycles. The highest BCUT2D eigenvalue weighted by molar-refractivity contribution is 5.87. The van der Waals surface area contributed by atoms with E-state index >= 15 is 0 Å². The van der Waals surface area contributed by atoms with Gasteiger partial charge >= 0.3 is 11.9 Å². The molecule has 0 N–H and O–H groups in total. The van der Waals surface area contributed by atoms with E-state index in [1.807, 2.05) is 13.8 Å². The van der Waals surface area contributed by atoms with E-state index in [9.17, 15) is 9.59 Å². The van der Waals surface area contributed by atoms with Crippen molar-refractivity contribution in [2.75, 3.05) is 14.2 Å². The Morgan fingerprint density at radius 1 is 1.24 bits per heavy atom. The molecule has 5 nitrogen and oxygen atoms in total. The molecule has 21 heavy (non-hydrogen) atoms. The molecule has 1 aromatic rings. The Kier molecular flexibility index (Phi) is 6.46. The highest BCUT2D eigenvalue weighted by Gasteiger charge is 2.15. The molecule has 114 valence electrons. The largest absolute Gasteiger partial charge is 0.493 e. The van der Waals surface area contributed by atoms with E-state index in [4.69, 9.17) is 9.47 Å². The lowest BCUT2D eigenvalue weighted by molar-refractivity contribution is -0.138. The molecule has 1 atom stereocenters. The quantitative estimate of drug-likeness (QED) is 0.458. The second-order valence-corrected chi connectivity index (χ2v) is 4.50. The van der Waals surface area contributed by atoms with Crippen molar-refractivity contribution >= 4 is 18.0 Å². The van der Waals surface area contributed by atoms with Gasteiger partial charge in [0.1, 0.15) is 0 Å². The molecule has 0 radical (unpaired) electrons. The fourth-order valence-electron chi connectivity index (χ4n) is 1.48. The van der Waals surface area contributed by atoms with E-state index in [0.29, 0.717) is 17.9 Å². The van der Waals surface area contributed by atoms with Crippen molar-refractivity contribution in [3.05, 3.63) is 29.8 Å². The maximum absolute atomic E-state index is 11.8. The van der Waals surface area contributed by atoms with Gasteiger partial charge in [0.05, 0.1) is 20.1 Å². The molecule has 1 rings (SSSR count). The molecular weight excluding hydrogens is 272 g/mol. The summed E-state index contributed by atoms with van der Waals surface area (Å²) < 4.78 is 15.0. The van der Waals surface area contributed by atoms with Gasteiger partial charge in [-0.25, -0.2) is 4.79 Å². The predicted octanol–water partition coefficient (Wildman–Crippen LogP) is 2.83. The van der Waals surface area contributed by atoms with Gasteiger partial charge in [0, 0.05) is 6.08 Å². The Morgan fingerprint density at radius 3 is 2.52 bits per heavy atom. The average Bonchev–Trinajstić information content (AvgIpc) is 2.52. The second-order valence-electron chi connectivity index (χ2n) is 4.50. The molecule has 5 heteroatoms. The van der Waals surface area contributed by atoms with Crippen LogP contribution < -0.4 is 9.47 Å². The van der Waals surface area contributed by atoms with E-state index < -0.39 is 5.97 Å². The molecule has 0 aliphatic carbocycles. The van der Waals surface area contributed by atoms with Gasteiger partial charge in [0.2, 0.25) is 0 Å². The highest BCUT2D eigenvalue weighted by atomic mass is 16.6. The molecular formula is C16H20O5. The molecule has 0 aromatic heterocycles. The monoisotopic (exact) mass is 292 g/mol. The maximum Gasteiger partial charge on any atom is 0.330 e. The van der Waals surface area contributed by atoms with E-state index in [1.165, 1.54) is 20.3 Å². The van der Waals surface area contributed by atoms with Crippen LogP contribution >= 0.6 is 0 Å². The zero-order valence-corrected chi connectivity index (χ0v) is 12.7. The van der Waals surface area contributed by atoms with Gasteiger partial charge in [-0.2, -0.15) is 0 Å². The summed E-state index contributed by atoms with van der Waals surface area (Å²) in [6.45, 7) is 3.73. The molecule has 0 spiro atoms. The van der Waals surface area contributed by atoms with E-state index in [-0.39, 0.29) is 11.9 Å². The van der Waals surface area contributed by atoms with Crippen LogP contribution in [0.5, 0.6) is 11.5 Å². The highest BCUT2D eigenvalue weighted by Crippen LogP contribution is 2.29. The lowest BCUT2D eigenvalue weighted by atomic mass is 10.1. The Hall–Kier alpha value is -2.30. The third kappa shape index (κ3) is 4.95. The fourth-order valence-corrected chi connectivity index (χ4v) is 1.48. The van der Waals surface area contributed by atoms with E-state index in [0.717, 1.165) is 5.56 Å². The van der Waals surface area contributed by atoms with Crippen molar-refractivity contribution < 1.29 is 23.8 Å². The van der Waals surface area contributed by atoms with Gasteiger partial charge in [-0.05, 0) is 30.2 Å². The summed E-state index contributed by atoms with van der Waals surface area (Å²) in [5, 5.41) is 0. The van der Waals surface area contributed by atoms with Crippen molar-refractivity contribution in [3.8, 4) is 11.5 Å². The zero-order valence-electron chi connectivity index (χ0n) is 12.7. The van der Waals surface area contributed by atoms with Crippen LogP contribution in [0.2, 0.25) is 0 Å². The first-order valence-electron chi connectivity index (χ1n) is 6.67. The molecule has 0 saturated heterocycles. The van der Waals surface area contributed by atoms with Crippen LogP contribution in [-0.2, 0) is 14.3 Å². The fraction of sp³-hybridized carbons (Fsp3) is 0.375. The number of hydrogen-bond donors (Lipinski definition) is 0. The van der Waals surface area contributed by atoms with Gasteiger partial charge < -0.3 is 14.2 Å². The molecule has 0 aliphatic heterocycles. The number of ether oxygens (including phenoxy) is 3. The molecule has 0 heterocycles. The summed E-state index contributed by atoms with van der Waals surface area (Å²) in [7, 11) is 2.80. The number of benzene rings is 1. The van der Waals surface area contributed by atoms with Crippen molar-refractivity contribution in [3.63, 3.8) is 0 Å². The molecule has 0 amide bonds. The minimum Gasteiger partial charge on any atom is -0.493 e. The summed E-state index contributed by atoms with van der Waals surface area (Å²) in [6, 6.07) is 5.04. The Labute approximate surface area is 124 Å². The number of carbonyl (C=O) groups excluding carboxylic acids is 2. The van der Waals surface area contributed by atoms with Crippen molar-refractivity contribution in [2.45, 2.75) is 20.3 Å². The van der Waals surface area contributed by atoms with Gasteiger partial charge in [0.15, 0.2) is 11.5 Å². The first kappa shape index (κ1) is 16.8. The zero-order chi connectivity index (χ0) is 15.8. The van der Waals surface area contributed by atoms with E-state index in [2.05, 4.69) is 4.74 Å². The maximum atomic E-state index is 11.8. The minimum atomic E-state index is -0.443. The number of methoxy groups -OCH3 is 2. The summed E-state index contributed by atoms with van der Waals surface area (Å²) in [5.74, 6) is -0.125. The lowest BCUT2D eigenvalue weighted by Gasteiger charge is -2.12. The van der Waals surface area contributed by atoms with Gasteiger partial charge in [0.25, 0.3) is 0 Å². The molecule has 1 unspecified atom stereocenters. The van der Waals surface area contributed by atoms with Crippen LogP contribution in [0.15, 0.2) is 24.3 Å². The van der Waals surface area contributed by atoms with Gasteiger partial charge in [-0.1, -0.05) is 19.9 Å². The van der Waals surface area contributed by atoms with Crippen LogP contribution in [0, 0.1) is 5.92 Å². The SMILES string of the molecule is CCC(C)C(=O)Oc1ccc(/C=C\C(=O)OC)cc1OC. The third-order valence-corrected chi connectivity index (χ3v) is 3.03. The summed E-state index contributed by atoms with van der Waals surface area (Å²) in [4.78, 5) is 22.8. The van der Waals surface area contributed by atoms with Crippen LogP contribution in [0.3, 0.4) is 0 Å². The topological polar surface area (TPSA) is 61.8 Å². The first-order valence-corrected chi connectivity index (χ1v) is 6.67. The Balaban J connectivity index is 2.91. The van der Waals surface area contributed by atoms with Crippen LogP contribution in [0.4, 0.5) is 0 Å². The molecule has 0 aliphatic rings. The standard InChI is InChI=1S/C16H20O5/c1-5-11(2)16(18)21-13-8-6-12(10-14(13)19-3)7-9-15(17)20-4/h6-11H,5H2,1-4H3/b9-7-. The predicted molar refractivity (Wildman–Crippen MR) is 79.1 cm³/mol. The molecule has 0 fully saturated rings. The smallest absolute Gasteiger partial charge is 0.330 e. The molecule has 1 aromatic carbocycles. The van der Waals surface area contributed by atoms with Crippen molar-refractivity contribution in [1.29, 1.82) is 0 Å². The van der Waals surface area contributed by atoms with Crippen molar-refractivity contribution in [2.24, 2.45) is 5.92 Å². The average molecular weight is 292 g/mol.